The van der Waals surface area contributed by atoms with Crippen LogP contribution < -0.4 is 74.4 Å². The van der Waals surface area contributed by atoms with E-state index < -0.39 is 0 Å². The largest absolute Gasteiger partial charge is 3.00 e. The Kier molecular flexibility index (Phi) is 15100. The average molecular weight is 4850 g/mol. The van der Waals surface area contributed by atoms with E-state index in [0.717, 1.165) is 0 Å². The van der Waals surface area contributed by atoms with Crippen LogP contribution in [0.15, 0.2) is 0 Å². The van der Waals surface area contributed by atoms with Crippen LogP contribution in [0.1, 0.15) is 0 Å². The molecular formula is Cl6Fe83+243. The molecule has 0 aromatic rings. The zero-order valence-electron chi connectivity index (χ0n) is 31.6. The van der Waals surface area contributed by atoms with Gasteiger partial charge in [0, 0.05) is 0 Å². The van der Waals surface area contributed by atoms with E-state index in [9.17, 15) is 0 Å². The van der Waals surface area contributed by atoms with Crippen molar-refractivity contribution in [2.75, 3.05) is 0 Å². The molecule has 0 aromatic heterocycles. The van der Waals surface area contributed by atoms with Gasteiger partial charge in [-0.05, 0) is 0 Å². The maximum Gasteiger partial charge on any atom is 3.00 e. The van der Waals surface area contributed by atoms with E-state index in [2.05, 4.69) is 0 Å². The molecule has 0 aromatic carbocycles. The predicted octanol–water partition coefficient (Wildman–Crippen LogP) is -18.2. The van der Waals surface area contributed by atoms with E-state index in [1.54, 1.807) is 0 Å². The third kappa shape index (κ3) is 1130. The van der Waals surface area contributed by atoms with Crippen molar-refractivity contribution < 1.29 is 1490 Å². The number of halogens is 6. The van der Waals surface area contributed by atoms with Crippen LogP contribution in [-0.2, 0) is 1420 Å². The van der Waals surface area contributed by atoms with Gasteiger partial charge in [0.1, 0.15) is 0 Å². The van der Waals surface area contributed by atoms with Crippen molar-refractivity contribution in [1.82, 2.24) is 0 Å². The van der Waals surface area contributed by atoms with Crippen molar-refractivity contribution in [3.05, 3.63) is 0 Å². The van der Waals surface area contributed by atoms with Crippen molar-refractivity contribution in [2.45, 2.75) is 0 Å². The van der Waals surface area contributed by atoms with Gasteiger partial charge in [0.15, 0.2) is 0 Å². The van der Waals surface area contributed by atoms with Crippen molar-refractivity contribution >= 4 is 0 Å². The molecule has 0 unspecified atom stereocenters. The number of hydrogen-bond donors (Lipinski definition) is 0. The van der Waals surface area contributed by atoms with Crippen LogP contribution in [0.5, 0.6) is 0 Å². The minimum atomic E-state index is 0. The van der Waals surface area contributed by atoms with E-state index in [0.29, 0.717) is 0 Å². The van der Waals surface area contributed by atoms with Crippen molar-refractivity contribution in [3.8, 4) is 0 Å². The Bertz CT molecular complexity index is 31.7. The Labute approximate surface area is 1450 Å². The molecule has 0 saturated heterocycles. The van der Waals surface area contributed by atoms with Gasteiger partial charge >= 0.3 is 1420 Å². The molecule has 89 heavy (non-hydrogen) atoms. The molecule has 0 heterocycles. The van der Waals surface area contributed by atoms with Gasteiger partial charge in [-0.25, -0.2) is 0 Å². The Hall–Kier alpha value is 44.9. The fourth-order valence-corrected chi connectivity index (χ4v) is 0. The fourth-order valence-electron chi connectivity index (χ4n) is 0. The van der Waals surface area contributed by atoms with Crippen LogP contribution in [-0.4, -0.2) is 0 Å². The van der Waals surface area contributed by atoms with Crippen molar-refractivity contribution in [2.24, 2.45) is 0 Å². The summed E-state index contributed by atoms with van der Waals surface area (Å²) in [6, 6.07) is 0. The molecule has 0 fully saturated rings. The van der Waals surface area contributed by atoms with Crippen LogP contribution in [0.4, 0.5) is 0 Å². The molecule has 0 atom stereocenters. The summed E-state index contributed by atoms with van der Waals surface area (Å²) in [6.07, 6.45) is 0. The normalized spacial score (nSPS) is 0. The standard InChI is InChI=1S/6ClH.83Fe/h6*1H;;;;;;;;;;;;;;;;;;;;;;;;;;;;;;;;;;;;;;;;;;;;;;;;;;;;;;;;;;;;;;;;;;;;;;;;;;;;;;;;;;;/q;;;;;;83*+3/p-6. The van der Waals surface area contributed by atoms with Gasteiger partial charge in [-0.3, -0.25) is 0 Å². The second kappa shape index (κ2) is 1150. The van der Waals surface area contributed by atoms with Crippen LogP contribution >= 0.6 is 0 Å². The summed E-state index contributed by atoms with van der Waals surface area (Å²) in [5.41, 5.74) is 0. The van der Waals surface area contributed by atoms with Crippen LogP contribution in [0.2, 0.25) is 0 Å². The zero-order valence-corrected chi connectivity index (χ0v) is 128. The topological polar surface area (TPSA) is 0 Å². The first-order valence-corrected chi connectivity index (χ1v) is 0. The Morgan fingerprint density at radius 3 is 0.0225 bits per heavy atom. The second-order valence-corrected chi connectivity index (χ2v) is 0. The molecule has 89 heteroatoms. The molecule has 83 radical (unpaired) electrons. The smallest absolute Gasteiger partial charge is 1.00 e. The van der Waals surface area contributed by atoms with Crippen LogP contribution in [0, 0.1) is 0 Å². The third-order valence-corrected chi connectivity index (χ3v) is 0. The zero-order chi connectivity index (χ0) is 0. The summed E-state index contributed by atoms with van der Waals surface area (Å²) >= 11 is 0. The SMILES string of the molecule is [Cl-].[Cl-].[Cl-].[Cl-].[Cl-].[Cl-].[Fe+3].[Fe+3].[Fe+3].[Fe+3].[Fe+3].[Fe+3].[Fe+3].[Fe+3].[Fe+3].[Fe+3].[Fe+3].[Fe+3].[Fe+3].[Fe+3].[Fe+3].[Fe+3].[Fe+3].[Fe+3].[Fe+3].[Fe+3].[Fe+3].[Fe+3].[Fe+3].[Fe+3].[Fe+3].[Fe+3].[Fe+3].[Fe+3].[Fe+3].[Fe+3].[Fe+3].[Fe+3].[Fe+3].[Fe+3].[Fe+3].[Fe+3].[Fe+3].[Fe+3].[Fe+3].[Fe+3].[Fe+3].[Fe+3].[Fe+3].[Fe+3].[Fe+3].[Fe+3].[Fe+3].[Fe+3].[Fe+3].[Fe+3].[Fe+3].[Fe+3].[Fe+3].[Fe+3].[Fe+3].[Fe+3].[Fe+3].[Fe+3].[Fe+3].[Fe+3].[Fe+3].[Fe+3].[Fe+3].[Fe+3].[Fe+3].[Fe+3].[Fe+3].[Fe+3].[Fe+3].[Fe+3].[Fe+3].[Fe+3].[Fe+3].[Fe+3].[Fe+3].[Fe+3].[Fe+3].[Fe+3].[Fe+3].[Fe+3].[Fe+3].[Fe+3].[Fe+3]. The van der Waals surface area contributed by atoms with Crippen molar-refractivity contribution in [3.63, 3.8) is 0 Å². The van der Waals surface area contributed by atoms with E-state index in [-0.39, 0.29) is 1490 Å². The van der Waals surface area contributed by atoms with E-state index in [1.807, 2.05) is 0 Å². The first kappa shape index (κ1) is 1170. The minimum Gasteiger partial charge on any atom is -1.00 e. The average Bonchev–Trinajstić information content (AvgIpc) is 0. The summed E-state index contributed by atoms with van der Waals surface area (Å²) in [6.45, 7) is 0. The van der Waals surface area contributed by atoms with Crippen molar-refractivity contribution in [1.29, 1.82) is 0 Å². The predicted molar refractivity (Wildman–Crippen MR) is 0 cm³/mol. The first-order chi connectivity index (χ1) is 0. The quantitative estimate of drug-likeness (QED) is 0.212. The maximum absolute atomic E-state index is 0. The monoisotopic (exact) mass is 4850 g/mol. The molecule has 0 N–H and O–H groups in total. The molecule has 0 saturated carbocycles. The molecule has 0 rings (SSSR count). The van der Waals surface area contributed by atoms with Gasteiger partial charge in [-0.1, -0.05) is 0 Å². The molecule has 0 aliphatic rings. The molecule has 0 spiro atoms. The van der Waals surface area contributed by atoms with E-state index >= 15 is 0 Å². The summed E-state index contributed by atoms with van der Waals surface area (Å²) in [7, 11) is 0. The van der Waals surface area contributed by atoms with Gasteiger partial charge in [0.25, 0.3) is 0 Å². The summed E-state index contributed by atoms with van der Waals surface area (Å²) < 4.78 is 0. The van der Waals surface area contributed by atoms with Crippen LogP contribution in [0.25, 0.3) is 0 Å². The second-order valence-electron chi connectivity index (χ2n) is 0. The molecule has 0 aliphatic carbocycles. The summed E-state index contributed by atoms with van der Waals surface area (Å²) in [5.74, 6) is 0. The Morgan fingerprint density at radius 1 is 0.0225 bits per heavy atom. The summed E-state index contributed by atoms with van der Waals surface area (Å²) in [4.78, 5) is 0. The van der Waals surface area contributed by atoms with Crippen LogP contribution in [0.3, 0.4) is 0 Å². The first-order valence-electron chi connectivity index (χ1n) is 0. The maximum atomic E-state index is 0. The fraction of sp³-hybridized carbons (Fsp3) is 0. The third-order valence-electron chi connectivity index (χ3n) is 0. The van der Waals surface area contributed by atoms with E-state index in [1.165, 1.54) is 0 Å². The number of hydrogen-bond acceptors (Lipinski definition) is 0. The molecule has 0 bridgehead atoms. The summed E-state index contributed by atoms with van der Waals surface area (Å²) in [5, 5.41) is 0. The number of rotatable bonds is 0. The minimum absolute atomic E-state index is 0. The van der Waals surface area contributed by atoms with Gasteiger partial charge in [-0.2, -0.15) is 0 Å². The Morgan fingerprint density at radius 2 is 0.0225 bits per heavy atom. The molecule has 0 amide bonds. The molecule has 0 nitrogen and oxygen atoms in total. The molecule has 463 valence electrons. The van der Waals surface area contributed by atoms with Gasteiger partial charge in [-0.15, -0.1) is 0 Å². The van der Waals surface area contributed by atoms with Gasteiger partial charge in [0.2, 0.25) is 0 Å². The molecular weight excluding hydrogens is 4850 g/mol. The van der Waals surface area contributed by atoms with Gasteiger partial charge in [0.05, 0.1) is 0 Å². The molecule has 0 aliphatic heterocycles. The van der Waals surface area contributed by atoms with Gasteiger partial charge < -0.3 is 74.4 Å². The Balaban J connectivity index is 0. The van der Waals surface area contributed by atoms with E-state index in [4.69, 9.17) is 0 Å².